The number of nitrogens with one attached hydrogen (secondary N) is 1. The van der Waals surface area contributed by atoms with Crippen molar-refractivity contribution in [3.05, 3.63) is 59.3 Å². The van der Waals surface area contributed by atoms with Gasteiger partial charge in [-0.05, 0) is 37.5 Å². The molecule has 8 nitrogen and oxygen atoms in total. The van der Waals surface area contributed by atoms with Gasteiger partial charge in [0.15, 0.2) is 0 Å². The van der Waals surface area contributed by atoms with E-state index in [1.807, 2.05) is 0 Å². The van der Waals surface area contributed by atoms with Crippen LogP contribution in [-0.4, -0.2) is 47.8 Å². The van der Waals surface area contributed by atoms with Gasteiger partial charge in [0, 0.05) is 38.6 Å². The summed E-state index contributed by atoms with van der Waals surface area (Å²) in [5.41, 5.74) is -0.317. The first kappa shape index (κ1) is 20.2. The summed E-state index contributed by atoms with van der Waals surface area (Å²) in [6.07, 6.45) is 5.00. The third kappa shape index (κ3) is 4.85. The molecule has 0 aliphatic carbocycles. The van der Waals surface area contributed by atoms with Crippen molar-refractivity contribution in [2.24, 2.45) is 5.92 Å². The Morgan fingerprint density at radius 3 is 2.75 bits per heavy atom. The van der Waals surface area contributed by atoms with Crippen LogP contribution in [-0.2, 0) is 21.4 Å². The molecule has 1 aromatic carbocycles. The third-order valence-corrected chi connectivity index (χ3v) is 6.67. The van der Waals surface area contributed by atoms with Gasteiger partial charge in [-0.25, -0.2) is 18.2 Å². The Balaban J connectivity index is 1.52. The van der Waals surface area contributed by atoms with Crippen molar-refractivity contribution in [1.82, 2.24) is 19.2 Å². The molecule has 0 spiro atoms. The smallest absolute Gasteiger partial charge is 0.347 e. The molecule has 0 radical (unpaired) electrons. The Bertz CT molecular complexity index is 959. The minimum atomic E-state index is -3.59. The van der Waals surface area contributed by atoms with E-state index >= 15 is 0 Å². The predicted octanol–water partition coefficient (Wildman–Crippen LogP) is 0.850. The molecule has 2 heterocycles. The zero-order chi connectivity index (χ0) is 20.0. The third-order valence-electron chi connectivity index (χ3n) is 4.79. The molecule has 150 valence electrons. The predicted molar refractivity (Wildman–Crippen MR) is 104 cm³/mol. The summed E-state index contributed by atoms with van der Waals surface area (Å²) in [5, 5.41) is 2.86. The number of nitrogens with zero attached hydrogens (tertiary/aromatic N) is 3. The number of piperidine rings is 1. The molecular weight excluding hydrogens is 380 g/mol. The number of carbonyl (C=O) groups excluding carboxylic acids is 1. The number of rotatable bonds is 7. The van der Waals surface area contributed by atoms with Crippen molar-refractivity contribution in [2.45, 2.75) is 30.7 Å². The first-order chi connectivity index (χ1) is 13.5. The fourth-order valence-electron chi connectivity index (χ4n) is 3.28. The standard InChI is InChI=1S/C19H24N4O4S/c24-18(20-10-5-12-22-13-6-11-21-19(22)25)16-7-4-14-23(15-16)28(26,27)17-8-2-1-3-9-17/h1-3,6,8-9,11,13,16H,4-5,7,10,12,14-15H2,(H,20,24)/t16-/m0/s1. The second kappa shape index (κ2) is 9.11. The molecule has 1 fully saturated rings. The summed E-state index contributed by atoms with van der Waals surface area (Å²) >= 11 is 0. The van der Waals surface area contributed by atoms with Crippen LogP contribution in [0.3, 0.4) is 0 Å². The van der Waals surface area contributed by atoms with Gasteiger partial charge in [-0.2, -0.15) is 4.31 Å². The summed E-state index contributed by atoms with van der Waals surface area (Å²) in [6.45, 7) is 1.49. The van der Waals surface area contributed by atoms with Gasteiger partial charge in [0.25, 0.3) is 0 Å². The van der Waals surface area contributed by atoms with Crippen LogP contribution >= 0.6 is 0 Å². The van der Waals surface area contributed by atoms with Gasteiger partial charge >= 0.3 is 5.69 Å². The highest BCUT2D eigenvalue weighted by molar-refractivity contribution is 7.89. The first-order valence-corrected chi connectivity index (χ1v) is 10.8. The van der Waals surface area contributed by atoms with Gasteiger partial charge in [-0.3, -0.25) is 9.36 Å². The van der Waals surface area contributed by atoms with Crippen LogP contribution in [0.4, 0.5) is 0 Å². The molecule has 1 aliphatic rings. The highest BCUT2D eigenvalue weighted by Gasteiger charge is 2.33. The largest absolute Gasteiger partial charge is 0.356 e. The Hall–Kier alpha value is -2.52. The van der Waals surface area contributed by atoms with E-state index in [2.05, 4.69) is 10.3 Å². The Labute approximate surface area is 164 Å². The van der Waals surface area contributed by atoms with Crippen LogP contribution < -0.4 is 11.0 Å². The van der Waals surface area contributed by atoms with Crippen LogP contribution in [0.5, 0.6) is 0 Å². The van der Waals surface area contributed by atoms with Crippen LogP contribution in [0.25, 0.3) is 0 Å². The molecule has 0 bridgehead atoms. The lowest BCUT2D eigenvalue weighted by Gasteiger charge is -2.31. The number of hydrogen-bond acceptors (Lipinski definition) is 5. The van der Waals surface area contributed by atoms with Crippen molar-refractivity contribution in [1.29, 1.82) is 0 Å². The van der Waals surface area contributed by atoms with E-state index in [0.717, 1.165) is 0 Å². The molecule has 1 aliphatic heterocycles. The van der Waals surface area contributed by atoms with E-state index in [4.69, 9.17) is 0 Å². The molecule has 1 atom stereocenters. The van der Waals surface area contributed by atoms with Gasteiger partial charge in [-0.15, -0.1) is 0 Å². The van der Waals surface area contributed by atoms with E-state index in [1.54, 1.807) is 42.6 Å². The molecule has 9 heteroatoms. The van der Waals surface area contributed by atoms with Crippen molar-refractivity contribution in [3.63, 3.8) is 0 Å². The number of hydrogen-bond donors (Lipinski definition) is 1. The molecule has 3 rings (SSSR count). The summed E-state index contributed by atoms with van der Waals surface area (Å²) in [5.74, 6) is -0.514. The second-order valence-corrected chi connectivity index (χ2v) is 8.69. The van der Waals surface area contributed by atoms with Gasteiger partial charge < -0.3 is 5.32 Å². The van der Waals surface area contributed by atoms with Crippen molar-refractivity contribution in [2.75, 3.05) is 19.6 Å². The normalized spacial score (nSPS) is 17.9. The summed E-state index contributed by atoms with van der Waals surface area (Å²) < 4.78 is 28.4. The minimum Gasteiger partial charge on any atom is -0.356 e. The van der Waals surface area contributed by atoms with Gasteiger partial charge in [0.2, 0.25) is 15.9 Å². The van der Waals surface area contributed by atoms with Crippen LogP contribution in [0.1, 0.15) is 19.3 Å². The van der Waals surface area contributed by atoms with Gasteiger partial charge in [0.05, 0.1) is 10.8 Å². The SMILES string of the molecule is O=C(NCCCn1cccnc1=O)[C@H]1CCCN(S(=O)(=O)c2ccccc2)C1. The maximum atomic E-state index is 12.8. The van der Waals surface area contributed by atoms with Crippen molar-refractivity contribution < 1.29 is 13.2 Å². The Morgan fingerprint density at radius 2 is 2.00 bits per heavy atom. The van der Waals surface area contributed by atoms with Crippen molar-refractivity contribution in [3.8, 4) is 0 Å². The Kier molecular flexibility index (Phi) is 6.58. The maximum absolute atomic E-state index is 12.8. The molecule has 0 unspecified atom stereocenters. The Morgan fingerprint density at radius 1 is 1.21 bits per heavy atom. The lowest BCUT2D eigenvalue weighted by atomic mass is 9.99. The van der Waals surface area contributed by atoms with E-state index in [-0.39, 0.29) is 29.0 Å². The van der Waals surface area contributed by atoms with Crippen LogP contribution in [0, 0.1) is 5.92 Å². The fourth-order valence-corrected chi connectivity index (χ4v) is 4.82. The topological polar surface area (TPSA) is 101 Å². The van der Waals surface area contributed by atoms with E-state index in [1.165, 1.54) is 15.1 Å². The quantitative estimate of drug-likeness (QED) is 0.690. The highest BCUT2D eigenvalue weighted by atomic mass is 32.2. The minimum absolute atomic E-state index is 0.147. The number of aromatic nitrogens is 2. The average Bonchev–Trinajstić information content (AvgIpc) is 2.73. The monoisotopic (exact) mass is 404 g/mol. The lowest BCUT2D eigenvalue weighted by molar-refractivity contribution is -0.126. The number of sulfonamides is 1. The molecular formula is C19H24N4O4S. The van der Waals surface area contributed by atoms with Crippen LogP contribution in [0.15, 0.2) is 58.5 Å². The van der Waals surface area contributed by atoms with Crippen LogP contribution in [0.2, 0.25) is 0 Å². The molecule has 2 aromatic rings. The average molecular weight is 404 g/mol. The lowest BCUT2D eigenvalue weighted by Crippen LogP contribution is -2.45. The number of amides is 1. The van der Waals surface area contributed by atoms with Gasteiger partial charge in [0.1, 0.15) is 0 Å². The van der Waals surface area contributed by atoms with Crippen molar-refractivity contribution >= 4 is 15.9 Å². The summed E-state index contributed by atoms with van der Waals surface area (Å²) in [4.78, 5) is 27.9. The molecule has 1 amide bonds. The fraction of sp³-hybridized carbons (Fsp3) is 0.421. The first-order valence-electron chi connectivity index (χ1n) is 9.33. The molecule has 0 saturated carbocycles. The zero-order valence-corrected chi connectivity index (χ0v) is 16.3. The summed E-state index contributed by atoms with van der Waals surface area (Å²) in [6, 6.07) is 9.97. The molecule has 28 heavy (non-hydrogen) atoms. The second-order valence-electron chi connectivity index (χ2n) is 6.76. The molecule has 1 saturated heterocycles. The molecule has 1 N–H and O–H groups in total. The van der Waals surface area contributed by atoms with E-state index in [9.17, 15) is 18.0 Å². The zero-order valence-electron chi connectivity index (χ0n) is 15.5. The van der Waals surface area contributed by atoms with E-state index < -0.39 is 10.0 Å². The number of aryl methyl sites for hydroxylation is 1. The van der Waals surface area contributed by atoms with E-state index in [0.29, 0.717) is 38.9 Å². The van der Waals surface area contributed by atoms with Gasteiger partial charge in [-0.1, -0.05) is 18.2 Å². The maximum Gasteiger partial charge on any atom is 0.347 e. The number of benzene rings is 1. The highest BCUT2D eigenvalue weighted by Crippen LogP contribution is 2.23. The summed E-state index contributed by atoms with van der Waals surface area (Å²) in [7, 11) is -3.59. The molecule has 1 aromatic heterocycles. The number of carbonyl (C=O) groups is 1.